The molecule has 0 aliphatic heterocycles. The lowest BCUT2D eigenvalue weighted by atomic mass is 10.2. The van der Waals surface area contributed by atoms with Crippen LogP contribution in [-0.4, -0.2) is 37.1 Å². The maximum atomic E-state index is 11.7. The summed E-state index contributed by atoms with van der Waals surface area (Å²) in [4.78, 5) is 22.0. The highest BCUT2D eigenvalue weighted by molar-refractivity contribution is 14.1. The highest BCUT2D eigenvalue weighted by Gasteiger charge is 2.15. The van der Waals surface area contributed by atoms with Crippen molar-refractivity contribution in [3.05, 3.63) is 31.9 Å². The molecule has 1 rings (SSSR count). The maximum Gasteiger partial charge on any atom is 0.282 e. The molecule has 1 atom stereocenters. The minimum atomic E-state index is -0.441. The fourth-order valence-electron chi connectivity index (χ4n) is 1.49. The highest BCUT2D eigenvalue weighted by Crippen LogP contribution is 2.24. The van der Waals surface area contributed by atoms with Crippen molar-refractivity contribution in [1.29, 1.82) is 0 Å². The lowest BCUT2D eigenvalue weighted by molar-refractivity contribution is -0.385. The molecule has 1 unspecified atom stereocenters. The van der Waals surface area contributed by atoms with E-state index in [1.807, 2.05) is 22.6 Å². The number of anilines is 1. The van der Waals surface area contributed by atoms with Gasteiger partial charge in [0.05, 0.1) is 15.1 Å². The van der Waals surface area contributed by atoms with Gasteiger partial charge in [0.15, 0.2) is 0 Å². The molecular formula is C12H16IN3O4. The number of amides is 1. The van der Waals surface area contributed by atoms with Gasteiger partial charge >= 0.3 is 0 Å². The first-order valence-electron chi connectivity index (χ1n) is 5.93. The van der Waals surface area contributed by atoms with E-state index in [0.29, 0.717) is 22.4 Å². The van der Waals surface area contributed by atoms with Crippen LogP contribution in [0.4, 0.5) is 11.4 Å². The van der Waals surface area contributed by atoms with Gasteiger partial charge in [0.1, 0.15) is 6.04 Å². The van der Waals surface area contributed by atoms with Crippen molar-refractivity contribution in [1.82, 2.24) is 5.32 Å². The van der Waals surface area contributed by atoms with E-state index < -0.39 is 11.0 Å². The number of nitrogens with zero attached hydrogens (tertiary/aromatic N) is 1. The summed E-state index contributed by atoms with van der Waals surface area (Å²) in [6, 6.07) is 4.19. The molecule has 8 heteroatoms. The van der Waals surface area contributed by atoms with Gasteiger partial charge in [0.2, 0.25) is 5.91 Å². The van der Waals surface area contributed by atoms with Crippen molar-refractivity contribution >= 4 is 39.9 Å². The molecule has 0 bridgehead atoms. The molecule has 1 aromatic rings. The Bertz CT molecular complexity index is 496. The lowest BCUT2D eigenvalue weighted by Crippen LogP contribution is -2.39. The molecule has 0 aromatic heterocycles. The molecule has 2 N–H and O–H groups in total. The van der Waals surface area contributed by atoms with Crippen molar-refractivity contribution in [2.24, 2.45) is 0 Å². The Balaban J connectivity index is 2.62. The number of rotatable bonds is 7. The number of halogens is 1. The zero-order chi connectivity index (χ0) is 15.1. The van der Waals surface area contributed by atoms with E-state index in [0.717, 1.165) is 0 Å². The average Bonchev–Trinajstić information content (AvgIpc) is 2.38. The zero-order valence-corrected chi connectivity index (χ0v) is 13.3. The first-order chi connectivity index (χ1) is 9.45. The van der Waals surface area contributed by atoms with Gasteiger partial charge in [-0.05, 0) is 41.6 Å². The normalized spacial score (nSPS) is 11.8. The van der Waals surface area contributed by atoms with E-state index in [1.54, 1.807) is 26.2 Å². The quantitative estimate of drug-likeness (QED) is 0.319. The summed E-state index contributed by atoms with van der Waals surface area (Å²) in [7, 11) is 1.56. The van der Waals surface area contributed by atoms with E-state index in [-0.39, 0.29) is 11.6 Å². The molecule has 7 nitrogen and oxygen atoms in total. The Morgan fingerprint density at radius 1 is 1.55 bits per heavy atom. The van der Waals surface area contributed by atoms with E-state index in [2.05, 4.69) is 10.6 Å². The van der Waals surface area contributed by atoms with Crippen molar-refractivity contribution in [2.45, 2.75) is 13.0 Å². The summed E-state index contributed by atoms with van der Waals surface area (Å²) in [6.45, 7) is 2.61. The van der Waals surface area contributed by atoms with Crippen LogP contribution in [0.15, 0.2) is 18.2 Å². The van der Waals surface area contributed by atoms with Crippen LogP contribution in [0.1, 0.15) is 6.92 Å². The molecule has 0 fully saturated rings. The maximum absolute atomic E-state index is 11.7. The molecule has 0 radical (unpaired) electrons. The van der Waals surface area contributed by atoms with Crippen LogP contribution in [-0.2, 0) is 9.53 Å². The van der Waals surface area contributed by atoms with E-state index in [1.165, 1.54) is 6.07 Å². The molecule has 0 saturated heterocycles. The minimum Gasteiger partial charge on any atom is -0.383 e. The molecule has 0 aliphatic rings. The third-order valence-corrected chi connectivity index (χ3v) is 3.39. The number of hydrogen-bond donors (Lipinski definition) is 2. The highest BCUT2D eigenvalue weighted by atomic mass is 127. The molecular weight excluding hydrogens is 377 g/mol. The Kier molecular flexibility index (Phi) is 6.65. The summed E-state index contributed by atoms with van der Waals surface area (Å²) < 4.78 is 5.36. The van der Waals surface area contributed by atoms with Crippen LogP contribution in [0.3, 0.4) is 0 Å². The molecule has 0 heterocycles. The number of nitro benzene ring substituents is 1. The Labute approximate surface area is 130 Å². The van der Waals surface area contributed by atoms with Crippen LogP contribution in [0, 0.1) is 13.7 Å². The van der Waals surface area contributed by atoms with Crippen molar-refractivity contribution in [3.63, 3.8) is 0 Å². The third kappa shape index (κ3) is 4.93. The average molecular weight is 393 g/mol. The van der Waals surface area contributed by atoms with Gasteiger partial charge in [-0.15, -0.1) is 0 Å². The van der Waals surface area contributed by atoms with Crippen molar-refractivity contribution in [3.8, 4) is 0 Å². The minimum absolute atomic E-state index is 0.0494. The topological polar surface area (TPSA) is 93.5 Å². The SMILES string of the molecule is COCCNC(=O)C(C)Nc1ccc([N+](=O)[O-])c(I)c1. The summed E-state index contributed by atoms with van der Waals surface area (Å²) >= 11 is 1.89. The second-order valence-corrected chi connectivity index (χ2v) is 5.24. The number of carbonyl (C=O) groups excluding carboxylic acids is 1. The van der Waals surface area contributed by atoms with E-state index in [9.17, 15) is 14.9 Å². The van der Waals surface area contributed by atoms with Crippen LogP contribution >= 0.6 is 22.6 Å². The second-order valence-electron chi connectivity index (χ2n) is 4.07. The Hall–Kier alpha value is -1.42. The Morgan fingerprint density at radius 2 is 2.25 bits per heavy atom. The number of ether oxygens (including phenoxy) is 1. The van der Waals surface area contributed by atoms with Gasteiger partial charge in [-0.2, -0.15) is 0 Å². The fraction of sp³-hybridized carbons (Fsp3) is 0.417. The second kappa shape index (κ2) is 8.00. The van der Waals surface area contributed by atoms with Gasteiger partial charge < -0.3 is 15.4 Å². The lowest BCUT2D eigenvalue weighted by Gasteiger charge is -2.15. The number of hydrogen-bond acceptors (Lipinski definition) is 5. The van der Waals surface area contributed by atoms with E-state index >= 15 is 0 Å². The molecule has 0 saturated carbocycles. The standard InChI is InChI=1S/C12H16IN3O4/c1-8(12(17)14-5-6-20-2)15-9-3-4-11(16(18)19)10(13)7-9/h3-4,7-8,15H,5-6H2,1-2H3,(H,14,17). The summed E-state index contributed by atoms with van der Waals surface area (Å²) in [6.07, 6.45) is 0. The van der Waals surface area contributed by atoms with Crippen molar-refractivity contribution < 1.29 is 14.5 Å². The van der Waals surface area contributed by atoms with Crippen LogP contribution in [0.5, 0.6) is 0 Å². The number of nitro groups is 1. The Morgan fingerprint density at radius 3 is 2.80 bits per heavy atom. The summed E-state index contributed by atoms with van der Waals surface area (Å²) in [5.41, 5.74) is 0.711. The first-order valence-corrected chi connectivity index (χ1v) is 7.00. The molecule has 20 heavy (non-hydrogen) atoms. The molecule has 110 valence electrons. The number of methoxy groups -OCH3 is 1. The smallest absolute Gasteiger partial charge is 0.282 e. The monoisotopic (exact) mass is 393 g/mol. The molecule has 1 aromatic carbocycles. The summed E-state index contributed by atoms with van der Waals surface area (Å²) in [5, 5.41) is 16.4. The predicted molar refractivity (Wildman–Crippen MR) is 83.8 cm³/mol. The van der Waals surface area contributed by atoms with E-state index in [4.69, 9.17) is 4.74 Å². The zero-order valence-electron chi connectivity index (χ0n) is 11.2. The van der Waals surface area contributed by atoms with Crippen molar-refractivity contribution in [2.75, 3.05) is 25.6 Å². The van der Waals surface area contributed by atoms with Gasteiger partial charge in [-0.25, -0.2) is 0 Å². The fourth-order valence-corrected chi connectivity index (χ4v) is 2.20. The van der Waals surface area contributed by atoms with Gasteiger partial charge in [-0.1, -0.05) is 0 Å². The first kappa shape index (κ1) is 16.6. The van der Waals surface area contributed by atoms with Gasteiger partial charge in [0, 0.05) is 25.4 Å². The van der Waals surface area contributed by atoms with Gasteiger partial charge in [0.25, 0.3) is 5.69 Å². The predicted octanol–water partition coefficient (Wildman–Crippen LogP) is 1.76. The number of nitrogens with one attached hydrogen (secondary N) is 2. The largest absolute Gasteiger partial charge is 0.383 e. The molecule has 0 spiro atoms. The summed E-state index contributed by atoms with van der Waals surface area (Å²) in [5.74, 6) is -0.157. The van der Waals surface area contributed by atoms with Crippen LogP contribution in [0.2, 0.25) is 0 Å². The molecule has 1 amide bonds. The van der Waals surface area contributed by atoms with Crippen LogP contribution < -0.4 is 10.6 Å². The third-order valence-electron chi connectivity index (χ3n) is 2.53. The molecule has 0 aliphatic carbocycles. The van der Waals surface area contributed by atoms with Crippen LogP contribution in [0.25, 0.3) is 0 Å². The number of carbonyl (C=O) groups is 1. The number of benzene rings is 1. The van der Waals surface area contributed by atoms with Gasteiger partial charge in [-0.3, -0.25) is 14.9 Å².